The van der Waals surface area contributed by atoms with E-state index in [1.54, 1.807) is 30.3 Å². The number of hydrogen-bond acceptors (Lipinski definition) is 1. The second-order valence-electron chi connectivity index (χ2n) is 6.65. The molecule has 0 aromatic heterocycles. The molecule has 148 valence electrons. The van der Waals surface area contributed by atoms with Crippen molar-refractivity contribution in [2.45, 2.75) is 45.0 Å². The summed E-state index contributed by atoms with van der Waals surface area (Å²) in [5.41, 5.74) is -0.517. The number of alkyl halides is 4. The van der Waals surface area contributed by atoms with Crippen molar-refractivity contribution in [3.05, 3.63) is 66.2 Å². The van der Waals surface area contributed by atoms with Crippen molar-refractivity contribution in [2.24, 2.45) is 5.41 Å². The summed E-state index contributed by atoms with van der Waals surface area (Å²) in [6.07, 6.45) is -0.946. The highest BCUT2D eigenvalue weighted by molar-refractivity contribution is 5.76. The summed E-state index contributed by atoms with van der Waals surface area (Å²) >= 11 is 0. The fraction of sp³-hybridized carbons (Fsp3) is 0.429. The predicted octanol–water partition coefficient (Wildman–Crippen LogP) is 6.93. The number of unbranched alkanes of at least 4 members (excludes halogenated alkanes) is 2. The monoisotopic (exact) mass is 386 g/mol. The molecule has 1 aromatic rings. The average Bonchev–Trinajstić information content (AvgIpc) is 2.62. The van der Waals surface area contributed by atoms with E-state index in [9.17, 15) is 13.2 Å². The minimum absolute atomic E-state index is 0.0876. The lowest BCUT2D eigenvalue weighted by Gasteiger charge is -2.36. The Morgan fingerprint density at radius 3 is 2.44 bits per heavy atom. The summed E-state index contributed by atoms with van der Waals surface area (Å²) in [5, 5.41) is 0. The zero-order valence-electron chi connectivity index (χ0n) is 15.1. The Hall–Kier alpha value is -2.11. The first-order valence-corrected chi connectivity index (χ1v) is 8.93. The molecule has 0 spiro atoms. The number of allylic oxidation sites excluding steroid dienone is 4. The van der Waals surface area contributed by atoms with Gasteiger partial charge in [-0.25, -0.2) is 8.78 Å². The van der Waals surface area contributed by atoms with E-state index in [1.165, 1.54) is 12.2 Å². The van der Waals surface area contributed by atoms with Crippen LogP contribution in [0.5, 0.6) is 0 Å². The summed E-state index contributed by atoms with van der Waals surface area (Å²) in [7, 11) is 0. The molecule has 0 fully saturated rings. The first-order chi connectivity index (χ1) is 12.8. The smallest absolute Gasteiger partial charge is 0.412 e. The fourth-order valence-corrected chi connectivity index (χ4v) is 3.08. The minimum Gasteiger partial charge on any atom is -0.500 e. The number of hydrogen-bond donors (Lipinski definition) is 0. The van der Waals surface area contributed by atoms with Gasteiger partial charge in [-0.1, -0.05) is 56.5 Å². The normalized spacial score (nSPS) is 23.3. The minimum atomic E-state index is -4.54. The molecule has 6 heteroatoms. The summed E-state index contributed by atoms with van der Waals surface area (Å²) in [6, 6.07) is 8.83. The van der Waals surface area contributed by atoms with Gasteiger partial charge in [0.15, 0.2) is 0 Å². The van der Waals surface area contributed by atoms with Gasteiger partial charge in [0.1, 0.15) is 18.6 Å². The Bertz CT molecular complexity index is 690. The van der Waals surface area contributed by atoms with E-state index >= 15 is 8.78 Å². The molecule has 1 aliphatic rings. The Morgan fingerprint density at radius 2 is 1.85 bits per heavy atom. The lowest BCUT2D eigenvalue weighted by molar-refractivity contribution is -0.0822. The van der Waals surface area contributed by atoms with Crippen molar-refractivity contribution in [1.29, 1.82) is 0 Å². The highest BCUT2D eigenvalue weighted by Gasteiger charge is 2.45. The largest absolute Gasteiger partial charge is 0.500 e. The van der Waals surface area contributed by atoms with Crippen molar-refractivity contribution in [2.75, 3.05) is 6.61 Å². The maximum atomic E-state index is 15.1. The van der Waals surface area contributed by atoms with E-state index in [0.717, 1.165) is 12.8 Å². The molecule has 2 atom stereocenters. The third-order valence-corrected chi connectivity index (χ3v) is 4.64. The summed E-state index contributed by atoms with van der Waals surface area (Å²) in [4.78, 5) is 0. The van der Waals surface area contributed by atoms with Crippen LogP contribution in [0.15, 0.2) is 60.6 Å². The first-order valence-electron chi connectivity index (χ1n) is 8.93. The van der Waals surface area contributed by atoms with E-state index in [2.05, 4.69) is 0 Å². The second kappa shape index (κ2) is 9.20. The summed E-state index contributed by atoms with van der Waals surface area (Å²) < 4.78 is 71.7. The van der Waals surface area contributed by atoms with Gasteiger partial charge < -0.3 is 4.74 Å². The molecule has 0 amide bonds. The second-order valence-corrected chi connectivity index (χ2v) is 6.65. The molecule has 2 unspecified atom stereocenters. The molecule has 0 saturated heterocycles. The van der Waals surface area contributed by atoms with Gasteiger partial charge in [0.25, 0.3) is 0 Å². The Balaban J connectivity index is 2.23. The van der Waals surface area contributed by atoms with Crippen LogP contribution in [0.2, 0.25) is 0 Å². The van der Waals surface area contributed by atoms with E-state index in [1.807, 2.05) is 6.92 Å². The molecule has 0 heterocycles. The summed E-state index contributed by atoms with van der Waals surface area (Å²) in [6.45, 7) is 1.47. The molecule has 0 bridgehead atoms. The van der Waals surface area contributed by atoms with Crippen LogP contribution in [0, 0.1) is 5.41 Å². The highest BCUT2D eigenvalue weighted by atomic mass is 19.4. The Labute approximate surface area is 156 Å². The zero-order valence-corrected chi connectivity index (χ0v) is 15.1. The van der Waals surface area contributed by atoms with Crippen molar-refractivity contribution < 1.29 is 26.7 Å². The fourth-order valence-electron chi connectivity index (χ4n) is 3.08. The zero-order chi connectivity index (χ0) is 19.9. The van der Waals surface area contributed by atoms with Gasteiger partial charge >= 0.3 is 6.18 Å². The molecular weight excluding hydrogens is 363 g/mol. The topological polar surface area (TPSA) is 9.23 Å². The van der Waals surface area contributed by atoms with Gasteiger partial charge in [-0.3, -0.25) is 0 Å². The number of halogens is 5. The van der Waals surface area contributed by atoms with Crippen LogP contribution in [-0.2, 0) is 4.74 Å². The van der Waals surface area contributed by atoms with E-state index in [0.29, 0.717) is 23.8 Å². The third kappa shape index (κ3) is 5.68. The highest BCUT2D eigenvalue weighted by Crippen LogP contribution is 2.46. The van der Waals surface area contributed by atoms with Gasteiger partial charge in [-0.05, 0) is 29.7 Å². The number of benzene rings is 1. The van der Waals surface area contributed by atoms with Gasteiger partial charge in [-0.2, -0.15) is 13.2 Å². The van der Waals surface area contributed by atoms with Crippen LogP contribution in [0.25, 0.3) is 5.57 Å². The standard InChI is InChI=1S/C21H23F5O/c1-2-3-7-10-20(15-27-12-11-21(24,25)26)18(22)13-17(14-19(20)23)16-8-5-4-6-9-16/h4-6,8-9,11-14,18H,2-3,7,10,15H2,1H3. The lowest BCUT2D eigenvalue weighted by atomic mass is 9.73. The van der Waals surface area contributed by atoms with Gasteiger partial charge in [0.05, 0.1) is 17.8 Å². The molecule has 0 saturated carbocycles. The van der Waals surface area contributed by atoms with Crippen molar-refractivity contribution in [3.63, 3.8) is 0 Å². The third-order valence-electron chi connectivity index (χ3n) is 4.64. The van der Waals surface area contributed by atoms with E-state index in [4.69, 9.17) is 4.74 Å². The molecule has 0 radical (unpaired) electrons. The van der Waals surface area contributed by atoms with Crippen LogP contribution in [0.4, 0.5) is 22.0 Å². The van der Waals surface area contributed by atoms with Crippen LogP contribution < -0.4 is 0 Å². The molecule has 1 aliphatic carbocycles. The van der Waals surface area contributed by atoms with Crippen molar-refractivity contribution >= 4 is 5.57 Å². The van der Waals surface area contributed by atoms with Crippen LogP contribution in [0.1, 0.15) is 38.2 Å². The molecule has 1 nitrogen and oxygen atoms in total. The van der Waals surface area contributed by atoms with E-state index in [-0.39, 0.29) is 12.5 Å². The molecule has 1 aromatic carbocycles. The first kappa shape index (κ1) is 21.2. The Morgan fingerprint density at radius 1 is 1.15 bits per heavy atom. The SMILES string of the molecule is CCCCCC1(COC=CC(F)(F)F)C(F)=CC(c2ccccc2)=CC1F. The summed E-state index contributed by atoms with van der Waals surface area (Å²) in [5.74, 6) is -0.701. The number of rotatable bonds is 8. The molecular formula is C21H23F5O. The lowest BCUT2D eigenvalue weighted by Crippen LogP contribution is -2.38. The molecule has 0 N–H and O–H groups in total. The van der Waals surface area contributed by atoms with E-state index < -0.39 is 30.2 Å². The molecule has 27 heavy (non-hydrogen) atoms. The van der Waals surface area contributed by atoms with Crippen LogP contribution in [-0.4, -0.2) is 19.0 Å². The van der Waals surface area contributed by atoms with Crippen LogP contribution >= 0.6 is 0 Å². The van der Waals surface area contributed by atoms with Gasteiger partial charge in [0, 0.05) is 0 Å². The molecule has 0 aliphatic heterocycles. The maximum Gasteiger partial charge on any atom is 0.412 e. The van der Waals surface area contributed by atoms with Crippen LogP contribution in [0.3, 0.4) is 0 Å². The quantitative estimate of drug-likeness (QED) is 0.267. The van der Waals surface area contributed by atoms with Crippen molar-refractivity contribution in [1.82, 2.24) is 0 Å². The molecule has 2 rings (SSSR count). The number of ether oxygens (including phenoxy) is 1. The predicted molar refractivity (Wildman–Crippen MR) is 96.2 cm³/mol. The van der Waals surface area contributed by atoms with Crippen molar-refractivity contribution in [3.8, 4) is 0 Å². The average molecular weight is 386 g/mol. The maximum absolute atomic E-state index is 15.1. The van der Waals surface area contributed by atoms with Gasteiger partial charge in [0.2, 0.25) is 0 Å². The Kier molecular flexibility index (Phi) is 7.22. The van der Waals surface area contributed by atoms with Gasteiger partial charge in [-0.15, -0.1) is 0 Å².